The van der Waals surface area contributed by atoms with E-state index in [2.05, 4.69) is 46.0 Å². The lowest BCUT2D eigenvalue weighted by Gasteiger charge is -2.30. The Morgan fingerprint density at radius 3 is 2.76 bits per heavy atom. The summed E-state index contributed by atoms with van der Waals surface area (Å²) >= 11 is 3.52. The van der Waals surface area contributed by atoms with Crippen LogP contribution in [0.25, 0.3) is 0 Å². The molecule has 0 aliphatic carbocycles. The molecule has 0 amide bonds. The molecular weight excluding hydrogens is 278 g/mol. The molecule has 1 N–H and O–H groups in total. The number of rotatable bonds is 3. The van der Waals surface area contributed by atoms with Crippen molar-refractivity contribution in [2.24, 2.45) is 0 Å². The van der Waals surface area contributed by atoms with E-state index in [1.807, 2.05) is 13.8 Å². The average molecular weight is 298 g/mol. The first kappa shape index (κ1) is 12.9. The van der Waals surface area contributed by atoms with Gasteiger partial charge in [0.15, 0.2) is 0 Å². The highest BCUT2D eigenvalue weighted by Crippen LogP contribution is 2.36. The van der Waals surface area contributed by atoms with Gasteiger partial charge < -0.3 is 10.0 Å². The van der Waals surface area contributed by atoms with Gasteiger partial charge in [-0.3, -0.25) is 0 Å². The lowest BCUT2D eigenvalue weighted by molar-refractivity contribution is 0.0636. The molecule has 1 aliphatic rings. The van der Waals surface area contributed by atoms with Gasteiger partial charge >= 0.3 is 0 Å². The number of likely N-dealkylation sites (N-methyl/N-ethyl adjacent to an activating group) is 1. The van der Waals surface area contributed by atoms with Gasteiger partial charge in [-0.2, -0.15) is 0 Å². The Morgan fingerprint density at radius 2 is 2.18 bits per heavy atom. The van der Waals surface area contributed by atoms with E-state index in [1.165, 1.54) is 11.3 Å². The minimum absolute atomic E-state index is 0.421. The molecule has 1 atom stereocenters. The standard InChI is InChI=1S/C14H20BrNO/c1-4-16-12(9-14(2,3)17)8-10-7-11(15)5-6-13(10)16/h5-7,12,17H,4,8-9H2,1-3H3. The summed E-state index contributed by atoms with van der Waals surface area (Å²) in [6, 6.07) is 6.88. The first-order valence-electron chi connectivity index (χ1n) is 6.18. The molecule has 0 fully saturated rings. The van der Waals surface area contributed by atoms with Crippen LogP contribution in [0.2, 0.25) is 0 Å². The molecule has 1 aliphatic heterocycles. The van der Waals surface area contributed by atoms with E-state index in [-0.39, 0.29) is 0 Å². The van der Waals surface area contributed by atoms with Gasteiger partial charge in [-0.05, 0) is 57.4 Å². The summed E-state index contributed by atoms with van der Waals surface area (Å²) in [4.78, 5) is 2.40. The van der Waals surface area contributed by atoms with Crippen LogP contribution in [0.5, 0.6) is 0 Å². The lowest BCUT2D eigenvalue weighted by atomic mass is 9.96. The second kappa shape index (κ2) is 4.62. The molecule has 1 unspecified atom stereocenters. The predicted octanol–water partition coefficient (Wildman–Crippen LogP) is 3.36. The molecule has 0 spiro atoms. The summed E-state index contributed by atoms with van der Waals surface area (Å²) in [5.41, 5.74) is 2.11. The first-order valence-corrected chi connectivity index (χ1v) is 6.97. The van der Waals surface area contributed by atoms with Crippen molar-refractivity contribution in [1.82, 2.24) is 0 Å². The quantitative estimate of drug-likeness (QED) is 0.925. The van der Waals surface area contributed by atoms with E-state index in [0.717, 1.165) is 23.9 Å². The number of anilines is 1. The zero-order valence-electron chi connectivity index (χ0n) is 10.7. The Balaban J connectivity index is 2.25. The molecule has 2 rings (SSSR count). The molecule has 1 aromatic carbocycles. The van der Waals surface area contributed by atoms with Crippen LogP contribution in [-0.4, -0.2) is 23.3 Å². The van der Waals surface area contributed by atoms with E-state index in [9.17, 15) is 5.11 Å². The number of benzene rings is 1. The maximum atomic E-state index is 9.99. The van der Waals surface area contributed by atoms with Crippen molar-refractivity contribution >= 4 is 21.6 Å². The average Bonchev–Trinajstić information content (AvgIpc) is 2.51. The van der Waals surface area contributed by atoms with Crippen LogP contribution in [0.15, 0.2) is 22.7 Å². The van der Waals surface area contributed by atoms with Crippen LogP contribution in [-0.2, 0) is 6.42 Å². The van der Waals surface area contributed by atoms with Gasteiger partial charge in [0, 0.05) is 22.7 Å². The molecular formula is C14H20BrNO. The van der Waals surface area contributed by atoms with E-state index in [0.29, 0.717) is 6.04 Å². The highest BCUT2D eigenvalue weighted by atomic mass is 79.9. The van der Waals surface area contributed by atoms with Crippen LogP contribution in [0.3, 0.4) is 0 Å². The molecule has 2 nitrogen and oxygen atoms in total. The highest BCUT2D eigenvalue weighted by molar-refractivity contribution is 9.10. The number of halogens is 1. The molecule has 0 saturated heterocycles. The van der Waals surface area contributed by atoms with Crippen LogP contribution in [0.1, 0.15) is 32.8 Å². The van der Waals surface area contributed by atoms with Crippen molar-refractivity contribution in [3.63, 3.8) is 0 Å². The molecule has 1 heterocycles. The van der Waals surface area contributed by atoms with Crippen molar-refractivity contribution in [2.45, 2.75) is 45.3 Å². The van der Waals surface area contributed by atoms with E-state index in [1.54, 1.807) is 0 Å². The minimum Gasteiger partial charge on any atom is -0.390 e. The van der Waals surface area contributed by atoms with E-state index in [4.69, 9.17) is 0 Å². The molecule has 17 heavy (non-hydrogen) atoms. The monoisotopic (exact) mass is 297 g/mol. The maximum absolute atomic E-state index is 9.99. The number of fused-ring (bicyclic) bond motifs is 1. The zero-order valence-corrected chi connectivity index (χ0v) is 12.3. The van der Waals surface area contributed by atoms with Gasteiger partial charge in [-0.25, -0.2) is 0 Å². The van der Waals surface area contributed by atoms with Gasteiger partial charge in [0.25, 0.3) is 0 Å². The van der Waals surface area contributed by atoms with E-state index >= 15 is 0 Å². The van der Waals surface area contributed by atoms with Gasteiger partial charge in [0.05, 0.1) is 5.60 Å². The van der Waals surface area contributed by atoms with Gasteiger partial charge in [0.2, 0.25) is 0 Å². The van der Waals surface area contributed by atoms with Gasteiger partial charge in [-0.15, -0.1) is 0 Å². The van der Waals surface area contributed by atoms with Crippen molar-refractivity contribution < 1.29 is 5.11 Å². The van der Waals surface area contributed by atoms with Crippen LogP contribution in [0.4, 0.5) is 5.69 Å². The van der Waals surface area contributed by atoms with Crippen molar-refractivity contribution in [1.29, 1.82) is 0 Å². The Bertz CT molecular complexity index is 411. The fraction of sp³-hybridized carbons (Fsp3) is 0.571. The summed E-state index contributed by atoms with van der Waals surface area (Å²) in [7, 11) is 0. The molecule has 0 aromatic heterocycles. The Labute approximate surface area is 112 Å². The topological polar surface area (TPSA) is 23.5 Å². The van der Waals surface area contributed by atoms with Gasteiger partial charge in [0.1, 0.15) is 0 Å². The minimum atomic E-state index is -0.600. The van der Waals surface area contributed by atoms with Crippen molar-refractivity contribution in [2.75, 3.05) is 11.4 Å². The molecule has 94 valence electrons. The van der Waals surface area contributed by atoms with Crippen molar-refractivity contribution in [3.8, 4) is 0 Å². The molecule has 0 bridgehead atoms. The fourth-order valence-corrected chi connectivity index (χ4v) is 3.15. The maximum Gasteiger partial charge on any atom is 0.0611 e. The second-order valence-corrected chi connectivity index (χ2v) is 6.35. The zero-order chi connectivity index (χ0) is 12.6. The van der Waals surface area contributed by atoms with Crippen LogP contribution in [0, 0.1) is 0 Å². The molecule has 3 heteroatoms. The Kier molecular flexibility index (Phi) is 3.50. The third-order valence-corrected chi connectivity index (χ3v) is 3.82. The van der Waals surface area contributed by atoms with Crippen molar-refractivity contribution in [3.05, 3.63) is 28.2 Å². The van der Waals surface area contributed by atoms with Gasteiger partial charge in [-0.1, -0.05) is 15.9 Å². The Morgan fingerprint density at radius 1 is 1.47 bits per heavy atom. The summed E-state index contributed by atoms with van der Waals surface area (Å²) in [5.74, 6) is 0. The Hall–Kier alpha value is -0.540. The third kappa shape index (κ3) is 2.83. The number of hydrogen-bond acceptors (Lipinski definition) is 2. The second-order valence-electron chi connectivity index (χ2n) is 5.43. The summed E-state index contributed by atoms with van der Waals surface area (Å²) in [6.07, 6.45) is 1.85. The highest BCUT2D eigenvalue weighted by Gasteiger charge is 2.31. The summed E-state index contributed by atoms with van der Waals surface area (Å²) in [5, 5.41) is 9.99. The van der Waals surface area contributed by atoms with E-state index < -0.39 is 5.60 Å². The fourth-order valence-electron chi connectivity index (χ4n) is 2.75. The molecule has 0 saturated carbocycles. The third-order valence-electron chi connectivity index (χ3n) is 3.32. The summed E-state index contributed by atoms with van der Waals surface area (Å²) in [6.45, 7) is 6.95. The van der Waals surface area contributed by atoms with Crippen LogP contribution < -0.4 is 4.90 Å². The summed E-state index contributed by atoms with van der Waals surface area (Å²) < 4.78 is 1.14. The SMILES string of the molecule is CCN1c2ccc(Br)cc2CC1CC(C)(C)O. The van der Waals surface area contributed by atoms with Crippen LogP contribution >= 0.6 is 15.9 Å². The molecule has 1 aromatic rings. The lowest BCUT2D eigenvalue weighted by Crippen LogP contribution is -2.38. The number of hydrogen-bond donors (Lipinski definition) is 1. The first-order chi connectivity index (χ1) is 7.90. The smallest absolute Gasteiger partial charge is 0.0611 e. The largest absolute Gasteiger partial charge is 0.390 e. The predicted molar refractivity (Wildman–Crippen MR) is 75.6 cm³/mol. The number of nitrogens with zero attached hydrogens (tertiary/aromatic N) is 1. The normalized spacial score (nSPS) is 19.6. The number of aliphatic hydroxyl groups is 1. The molecule has 0 radical (unpaired) electrons.